The fourth-order valence-corrected chi connectivity index (χ4v) is 5.62. The summed E-state index contributed by atoms with van der Waals surface area (Å²) in [5.74, 6) is -0.308. The van der Waals surface area contributed by atoms with Gasteiger partial charge in [-0.3, -0.25) is 13.9 Å². The lowest BCUT2D eigenvalue weighted by Crippen LogP contribution is -2.52. The van der Waals surface area contributed by atoms with Crippen LogP contribution in [-0.4, -0.2) is 58.0 Å². The van der Waals surface area contributed by atoms with Crippen molar-refractivity contribution in [3.8, 4) is 11.5 Å². The highest BCUT2D eigenvalue weighted by Gasteiger charge is 2.33. The summed E-state index contributed by atoms with van der Waals surface area (Å²) < 4.78 is 39.6. The second-order valence-corrected chi connectivity index (χ2v) is 11.8. The molecular weight excluding hydrogens is 566 g/mol. The summed E-state index contributed by atoms with van der Waals surface area (Å²) in [6, 6.07) is 18.6. The van der Waals surface area contributed by atoms with Gasteiger partial charge in [0, 0.05) is 23.7 Å². The highest BCUT2D eigenvalue weighted by Crippen LogP contribution is 2.32. The smallest absolute Gasteiger partial charge is 0.264 e. The molecule has 2 amide bonds. The molecule has 9 nitrogen and oxygen atoms in total. The van der Waals surface area contributed by atoms with E-state index in [0.717, 1.165) is 16.3 Å². The number of sulfonamides is 1. The van der Waals surface area contributed by atoms with Crippen LogP contribution in [0.2, 0.25) is 5.02 Å². The van der Waals surface area contributed by atoms with Gasteiger partial charge in [-0.1, -0.05) is 48.9 Å². The van der Waals surface area contributed by atoms with Gasteiger partial charge in [-0.05, 0) is 62.2 Å². The standard InChI is InChI=1S/C30H36ClN3O6S/c1-6-21(2)32-30(36)22(3)33(19-23-10-8-7-9-11-23)29(35)20-34(25-14-12-24(31)13-15-25)41(37,38)26-16-17-27(39-4)28(18-26)40-5/h7-18,21-22H,6,19-20H2,1-5H3,(H,32,36)/t21-,22-/m1/s1. The summed E-state index contributed by atoms with van der Waals surface area (Å²) in [7, 11) is -1.43. The number of methoxy groups -OCH3 is 2. The Labute approximate surface area is 247 Å². The second-order valence-electron chi connectivity index (χ2n) is 9.51. The Bertz CT molecular complexity index is 1430. The van der Waals surface area contributed by atoms with Crippen LogP contribution in [0.15, 0.2) is 77.7 Å². The predicted molar refractivity (Wildman–Crippen MR) is 160 cm³/mol. The molecule has 11 heteroatoms. The summed E-state index contributed by atoms with van der Waals surface area (Å²) in [6.45, 7) is 5.01. The first-order chi connectivity index (χ1) is 19.5. The van der Waals surface area contributed by atoms with E-state index < -0.39 is 28.5 Å². The van der Waals surface area contributed by atoms with Gasteiger partial charge >= 0.3 is 0 Å². The van der Waals surface area contributed by atoms with E-state index in [0.29, 0.717) is 10.8 Å². The molecule has 3 aromatic carbocycles. The van der Waals surface area contributed by atoms with Gasteiger partial charge in [0.25, 0.3) is 10.0 Å². The number of hydrogen-bond acceptors (Lipinski definition) is 6. The van der Waals surface area contributed by atoms with E-state index in [-0.39, 0.29) is 34.8 Å². The molecular formula is C30H36ClN3O6S. The Kier molecular flexibility index (Phi) is 11.0. The van der Waals surface area contributed by atoms with Gasteiger partial charge in [-0.15, -0.1) is 0 Å². The molecule has 1 N–H and O–H groups in total. The average Bonchev–Trinajstić information content (AvgIpc) is 2.98. The van der Waals surface area contributed by atoms with Crippen LogP contribution in [0, 0.1) is 0 Å². The molecule has 2 atom stereocenters. The zero-order valence-electron chi connectivity index (χ0n) is 23.8. The number of carbonyl (C=O) groups excluding carboxylic acids is 2. The minimum atomic E-state index is -4.29. The minimum Gasteiger partial charge on any atom is -0.493 e. The third-order valence-electron chi connectivity index (χ3n) is 6.70. The molecule has 3 aromatic rings. The van der Waals surface area contributed by atoms with E-state index in [1.54, 1.807) is 19.1 Å². The summed E-state index contributed by atoms with van der Waals surface area (Å²) in [6.07, 6.45) is 0.721. The van der Waals surface area contributed by atoms with Crippen molar-refractivity contribution in [2.45, 2.75) is 50.7 Å². The van der Waals surface area contributed by atoms with Gasteiger partial charge in [0.05, 0.1) is 24.8 Å². The topological polar surface area (TPSA) is 105 Å². The van der Waals surface area contributed by atoms with E-state index in [2.05, 4.69) is 5.32 Å². The zero-order chi connectivity index (χ0) is 30.2. The fourth-order valence-electron chi connectivity index (χ4n) is 4.07. The number of ether oxygens (including phenoxy) is 2. The lowest BCUT2D eigenvalue weighted by molar-refractivity contribution is -0.139. The van der Waals surface area contributed by atoms with Crippen LogP contribution in [0.5, 0.6) is 11.5 Å². The number of anilines is 1. The summed E-state index contributed by atoms with van der Waals surface area (Å²) in [4.78, 5) is 28.4. The van der Waals surface area contributed by atoms with E-state index in [4.69, 9.17) is 21.1 Å². The van der Waals surface area contributed by atoms with E-state index in [1.165, 1.54) is 49.5 Å². The van der Waals surface area contributed by atoms with E-state index >= 15 is 0 Å². The Hall–Kier alpha value is -3.76. The second kappa shape index (κ2) is 14.2. The van der Waals surface area contributed by atoms with Gasteiger partial charge in [0.15, 0.2) is 11.5 Å². The van der Waals surface area contributed by atoms with Gasteiger partial charge in [0.2, 0.25) is 11.8 Å². The molecule has 0 aliphatic rings. The lowest BCUT2D eigenvalue weighted by Gasteiger charge is -2.32. The highest BCUT2D eigenvalue weighted by molar-refractivity contribution is 7.92. The molecule has 0 heterocycles. The molecule has 0 saturated heterocycles. The number of benzene rings is 3. The van der Waals surface area contributed by atoms with Crippen LogP contribution in [0.4, 0.5) is 5.69 Å². The van der Waals surface area contributed by atoms with Crippen molar-refractivity contribution < 1.29 is 27.5 Å². The van der Waals surface area contributed by atoms with Crippen LogP contribution in [0.1, 0.15) is 32.8 Å². The van der Waals surface area contributed by atoms with Crippen molar-refractivity contribution in [3.63, 3.8) is 0 Å². The van der Waals surface area contributed by atoms with E-state index in [9.17, 15) is 18.0 Å². The maximum absolute atomic E-state index is 14.0. The Balaban J connectivity index is 2.05. The minimum absolute atomic E-state index is 0.0883. The van der Waals surface area contributed by atoms with Crippen LogP contribution >= 0.6 is 11.6 Å². The van der Waals surface area contributed by atoms with Crippen LogP contribution in [-0.2, 0) is 26.2 Å². The van der Waals surface area contributed by atoms with Gasteiger partial charge in [0.1, 0.15) is 12.6 Å². The SMILES string of the molecule is CC[C@@H](C)NC(=O)[C@@H](C)N(Cc1ccccc1)C(=O)CN(c1ccc(Cl)cc1)S(=O)(=O)c1ccc(OC)c(OC)c1. The van der Waals surface area contributed by atoms with Crippen LogP contribution < -0.4 is 19.1 Å². The number of nitrogens with zero attached hydrogens (tertiary/aromatic N) is 2. The zero-order valence-corrected chi connectivity index (χ0v) is 25.4. The number of hydrogen-bond donors (Lipinski definition) is 1. The molecule has 220 valence electrons. The number of carbonyl (C=O) groups is 2. The average molecular weight is 602 g/mol. The van der Waals surface area contributed by atoms with Gasteiger partial charge < -0.3 is 19.7 Å². The van der Waals surface area contributed by atoms with Crippen molar-refractivity contribution in [3.05, 3.63) is 83.4 Å². The number of halogens is 1. The first-order valence-corrected chi connectivity index (χ1v) is 15.0. The largest absolute Gasteiger partial charge is 0.493 e. The quantitative estimate of drug-likeness (QED) is 0.299. The number of amides is 2. The Morgan fingerprint density at radius 2 is 1.56 bits per heavy atom. The predicted octanol–water partition coefficient (Wildman–Crippen LogP) is 4.88. The molecule has 0 fully saturated rings. The summed E-state index contributed by atoms with van der Waals surface area (Å²) in [5.41, 5.74) is 1.03. The van der Waals surface area contributed by atoms with Gasteiger partial charge in [-0.2, -0.15) is 0 Å². The molecule has 0 aliphatic heterocycles. The molecule has 0 bridgehead atoms. The number of rotatable bonds is 13. The van der Waals surface area contributed by atoms with Gasteiger partial charge in [-0.25, -0.2) is 8.42 Å². The molecule has 41 heavy (non-hydrogen) atoms. The van der Waals surface area contributed by atoms with Crippen LogP contribution in [0.3, 0.4) is 0 Å². The molecule has 0 radical (unpaired) electrons. The Morgan fingerprint density at radius 3 is 2.15 bits per heavy atom. The molecule has 3 rings (SSSR count). The molecule has 0 aromatic heterocycles. The third kappa shape index (κ3) is 7.92. The third-order valence-corrected chi connectivity index (χ3v) is 8.72. The molecule has 0 unspecified atom stereocenters. The first kappa shape index (κ1) is 31.8. The molecule has 0 saturated carbocycles. The number of nitrogens with one attached hydrogen (secondary N) is 1. The van der Waals surface area contributed by atoms with Crippen LogP contribution in [0.25, 0.3) is 0 Å². The van der Waals surface area contributed by atoms with Crippen molar-refractivity contribution in [2.75, 3.05) is 25.1 Å². The molecule has 0 aliphatic carbocycles. The van der Waals surface area contributed by atoms with Crippen molar-refractivity contribution in [1.29, 1.82) is 0 Å². The summed E-state index contributed by atoms with van der Waals surface area (Å²) in [5, 5.41) is 3.32. The van der Waals surface area contributed by atoms with Crippen molar-refractivity contribution in [2.24, 2.45) is 0 Å². The van der Waals surface area contributed by atoms with Crippen molar-refractivity contribution >= 4 is 39.1 Å². The first-order valence-electron chi connectivity index (χ1n) is 13.2. The van der Waals surface area contributed by atoms with Crippen molar-refractivity contribution in [1.82, 2.24) is 10.2 Å². The fraction of sp³-hybridized carbons (Fsp3) is 0.333. The highest BCUT2D eigenvalue weighted by atomic mass is 35.5. The van der Waals surface area contributed by atoms with E-state index in [1.807, 2.05) is 44.2 Å². The lowest BCUT2D eigenvalue weighted by atomic mass is 10.1. The maximum atomic E-state index is 14.0. The Morgan fingerprint density at radius 1 is 0.927 bits per heavy atom. The summed E-state index contributed by atoms with van der Waals surface area (Å²) >= 11 is 6.08. The normalized spacial score (nSPS) is 12.6. The molecule has 0 spiro atoms. The maximum Gasteiger partial charge on any atom is 0.264 e. The monoisotopic (exact) mass is 601 g/mol.